The SMILES string of the molecule is C[C@@H]1C[C@H](C)CN(c2cc(Cl)ncn2)C1. The van der Waals surface area contributed by atoms with Crippen molar-refractivity contribution in [1.82, 2.24) is 9.97 Å². The first-order valence-corrected chi connectivity index (χ1v) is 5.75. The molecule has 82 valence electrons. The summed E-state index contributed by atoms with van der Waals surface area (Å²) in [6.07, 6.45) is 2.83. The van der Waals surface area contributed by atoms with Crippen molar-refractivity contribution in [2.75, 3.05) is 18.0 Å². The first-order valence-electron chi connectivity index (χ1n) is 5.37. The Bertz CT molecular complexity index is 332. The van der Waals surface area contributed by atoms with Crippen LogP contribution in [0.2, 0.25) is 5.15 Å². The molecule has 0 aromatic carbocycles. The molecule has 2 atom stereocenters. The van der Waals surface area contributed by atoms with Crippen molar-refractivity contribution in [3.63, 3.8) is 0 Å². The van der Waals surface area contributed by atoms with E-state index < -0.39 is 0 Å². The molecule has 0 bridgehead atoms. The van der Waals surface area contributed by atoms with Crippen LogP contribution in [0.5, 0.6) is 0 Å². The molecule has 4 heteroatoms. The maximum atomic E-state index is 5.86. The highest BCUT2D eigenvalue weighted by Crippen LogP contribution is 2.25. The standard InChI is InChI=1S/C11H16ClN3/c1-8-3-9(2)6-15(5-8)11-4-10(12)13-7-14-11/h4,7-9H,3,5-6H2,1-2H3/t8-,9+. The smallest absolute Gasteiger partial charge is 0.134 e. The van der Waals surface area contributed by atoms with E-state index in [2.05, 4.69) is 28.7 Å². The van der Waals surface area contributed by atoms with Crippen LogP contribution < -0.4 is 4.90 Å². The lowest BCUT2D eigenvalue weighted by Gasteiger charge is -2.35. The van der Waals surface area contributed by atoms with Crippen LogP contribution in [0.1, 0.15) is 20.3 Å². The van der Waals surface area contributed by atoms with Crippen molar-refractivity contribution in [2.24, 2.45) is 11.8 Å². The van der Waals surface area contributed by atoms with Crippen LogP contribution in [0.15, 0.2) is 12.4 Å². The van der Waals surface area contributed by atoms with Crippen LogP contribution in [-0.2, 0) is 0 Å². The van der Waals surface area contributed by atoms with E-state index in [9.17, 15) is 0 Å². The van der Waals surface area contributed by atoms with Gasteiger partial charge >= 0.3 is 0 Å². The Labute approximate surface area is 95.5 Å². The van der Waals surface area contributed by atoms with Crippen LogP contribution in [0, 0.1) is 11.8 Å². The first-order chi connectivity index (χ1) is 7.15. The summed E-state index contributed by atoms with van der Waals surface area (Å²) >= 11 is 5.86. The molecule has 3 nitrogen and oxygen atoms in total. The number of hydrogen-bond donors (Lipinski definition) is 0. The Hall–Kier alpha value is -0.830. The quantitative estimate of drug-likeness (QED) is 0.688. The second-order valence-corrected chi connectivity index (χ2v) is 4.94. The van der Waals surface area contributed by atoms with Gasteiger partial charge in [-0.3, -0.25) is 0 Å². The van der Waals surface area contributed by atoms with Gasteiger partial charge in [-0.05, 0) is 18.3 Å². The molecule has 15 heavy (non-hydrogen) atoms. The molecule has 1 aromatic rings. The second-order valence-electron chi connectivity index (χ2n) is 4.55. The molecular weight excluding hydrogens is 210 g/mol. The Morgan fingerprint density at radius 1 is 1.27 bits per heavy atom. The van der Waals surface area contributed by atoms with Gasteiger partial charge in [-0.25, -0.2) is 9.97 Å². The van der Waals surface area contributed by atoms with Crippen LogP contribution in [0.3, 0.4) is 0 Å². The number of rotatable bonds is 1. The summed E-state index contributed by atoms with van der Waals surface area (Å²) < 4.78 is 0. The van der Waals surface area contributed by atoms with Crippen molar-refractivity contribution >= 4 is 17.4 Å². The third-order valence-corrected chi connectivity index (χ3v) is 3.02. The van der Waals surface area contributed by atoms with Crippen LogP contribution in [0.4, 0.5) is 5.82 Å². The number of hydrogen-bond acceptors (Lipinski definition) is 3. The predicted octanol–water partition coefficient (Wildman–Crippen LogP) is 2.61. The van der Waals surface area contributed by atoms with E-state index in [0.717, 1.165) is 30.7 Å². The van der Waals surface area contributed by atoms with Gasteiger partial charge in [0.05, 0.1) is 0 Å². The van der Waals surface area contributed by atoms with Gasteiger partial charge in [-0.1, -0.05) is 25.4 Å². The predicted molar refractivity (Wildman–Crippen MR) is 62.2 cm³/mol. The molecule has 0 N–H and O–H groups in total. The van der Waals surface area contributed by atoms with E-state index in [1.165, 1.54) is 12.7 Å². The van der Waals surface area contributed by atoms with Gasteiger partial charge in [0.15, 0.2) is 0 Å². The van der Waals surface area contributed by atoms with Gasteiger partial charge in [0.2, 0.25) is 0 Å². The molecule has 1 fully saturated rings. The minimum atomic E-state index is 0.519. The highest BCUT2D eigenvalue weighted by atomic mass is 35.5. The van der Waals surface area contributed by atoms with E-state index in [0.29, 0.717) is 5.15 Å². The van der Waals surface area contributed by atoms with Gasteiger partial charge in [0.25, 0.3) is 0 Å². The van der Waals surface area contributed by atoms with E-state index in [1.54, 1.807) is 0 Å². The lowest BCUT2D eigenvalue weighted by Crippen LogP contribution is -2.39. The number of halogens is 1. The molecule has 0 spiro atoms. The number of nitrogens with zero attached hydrogens (tertiary/aromatic N) is 3. The van der Waals surface area contributed by atoms with Gasteiger partial charge in [-0.15, -0.1) is 0 Å². The second kappa shape index (κ2) is 4.35. The minimum Gasteiger partial charge on any atom is -0.356 e. The van der Waals surface area contributed by atoms with Crippen molar-refractivity contribution < 1.29 is 0 Å². The summed E-state index contributed by atoms with van der Waals surface area (Å²) in [6, 6.07) is 1.84. The third-order valence-electron chi connectivity index (χ3n) is 2.81. The summed E-state index contributed by atoms with van der Waals surface area (Å²) in [5, 5.41) is 0.519. The van der Waals surface area contributed by atoms with Crippen LogP contribution >= 0.6 is 11.6 Å². The average Bonchev–Trinajstić information content (AvgIpc) is 2.16. The molecule has 2 heterocycles. The van der Waals surface area contributed by atoms with Crippen LogP contribution in [0.25, 0.3) is 0 Å². The highest BCUT2D eigenvalue weighted by Gasteiger charge is 2.22. The average molecular weight is 226 g/mol. The molecule has 1 saturated heterocycles. The molecule has 0 unspecified atom stereocenters. The summed E-state index contributed by atoms with van der Waals surface area (Å²) in [5.74, 6) is 2.40. The number of piperidine rings is 1. The Morgan fingerprint density at radius 3 is 2.53 bits per heavy atom. The molecule has 0 amide bonds. The van der Waals surface area contributed by atoms with Crippen molar-refractivity contribution in [1.29, 1.82) is 0 Å². The zero-order valence-electron chi connectivity index (χ0n) is 9.15. The Balaban J connectivity index is 2.16. The Kier molecular flexibility index (Phi) is 3.10. The van der Waals surface area contributed by atoms with Crippen LogP contribution in [-0.4, -0.2) is 23.1 Å². The van der Waals surface area contributed by atoms with E-state index in [-0.39, 0.29) is 0 Å². The number of anilines is 1. The lowest BCUT2D eigenvalue weighted by atomic mass is 9.92. The molecule has 1 aliphatic heterocycles. The summed E-state index contributed by atoms with van der Waals surface area (Å²) in [4.78, 5) is 10.5. The van der Waals surface area contributed by atoms with E-state index in [4.69, 9.17) is 11.6 Å². The Morgan fingerprint density at radius 2 is 1.93 bits per heavy atom. The van der Waals surface area contributed by atoms with Crippen molar-refractivity contribution in [2.45, 2.75) is 20.3 Å². The maximum Gasteiger partial charge on any atom is 0.134 e. The molecule has 0 aliphatic carbocycles. The normalized spacial score (nSPS) is 26.7. The zero-order valence-corrected chi connectivity index (χ0v) is 9.91. The topological polar surface area (TPSA) is 29.0 Å². The largest absolute Gasteiger partial charge is 0.356 e. The first kappa shape index (κ1) is 10.7. The summed E-state index contributed by atoms with van der Waals surface area (Å²) in [7, 11) is 0. The van der Waals surface area contributed by atoms with Gasteiger partial charge in [0, 0.05) is 19.2 Å². The van der Waals surface area contributed by atoms with E-state index in [1.807, 2.05) is 6.07 Å². The van der Waals surface area contributed by atoms with Crippen molar-refractivity contribution in [3.8, 4) is 0 Å². The zero-order chi connectivity index (χ0) is 10.8. The highest BCUT2D eigenvalue weighted by molar-refractivity contribution is 6.29. The van der Waals surface area contributed by atoms with Crippen molar-refractivity contribution in [3.05, 3.63) is 17.5 Å². The summed E-state index contributed by atoms with van der Waals surface area (Å²) in [6.45, 7) is 6.70. The maximum absolute atomic E-state index is 5.86. The lowest BCUT2D eigenvalue weighted by molar-refractivity contribution is 0.355. The molecule has 2 rings (SSSR count). The molecule has 1 aliphatic rings. The molecule has 0 saturated carbocycles. The fourth-order valence-electron chi connectivity index (χ4n) is 2.35. The minimum absolute atomic E-state index is 0.519. The third kappa shape index (κ3) is 2.59. The molecular formula is C11H16ClN3. The fraction of sp³-hybridized carbons (Fsp3) is 0.636. The monoisotopic (exact) mass is 225 g/mol. The fourth-order valence-corrected chi connectivity index (χ4v) is 2.49. The molecule has 0 radical (unpaired) electrons. The summed E-state index contributed by atoms with van der Waals surface area (Å²) in [5.41, 5.74) is 0. The van der Waals surface area contributed by atoms with E-state index >= 15 is 0 Å². The van der Waals surface area contributed by atoms with Gasteiger partial charge in [0.1, 0.15) is 17.3 Å². The van der Waals surface area contributed by atoms with Gasteiger partial charge in [-0.2, -0.15) is 0 Å². The molecule has 1 aromatic heterocycles. The number of aromatic nitrogens is 2. The van der Waals surface area contributed by atoms with Gasteiger partial charge < -0.3 is 4.90 Å².